The normalized spacial score (nSPS) is 16.1. The molecular formula is C24H34N4O2. The summed E-state index contributed by atoms with van der Waals surface area (Å²) in [5, 5.41) is 3.25. The molecule has 1 saturated heterocycles. The Labute approximate surface area is 180 Å². The van der Waals surface area contributed by atoms with Crippen molar-refractivity contribution in [3.8, 4) is 11.5 Å². The van der Waals surface area contributed by atoms with E-state index in [1.807, 2.05) is 24.3 Å². The van der Waals surface area contributed by atoms with Crippen LogP contribution in [0.25, 0.3) is 0 Å². The van der Waals surface area contributed by atoms with E-state index in [0.717, 1.165) is 37.6 Å². The van der Waals surface area contributed by atoms with E-state index in [-0.39, 0.29) is 6.04 Å². The van der Waals surface area contributed by atoms with Crippen LogP contribution in [0.3, 0.4) is 0 Å². The van der Waals surface area contributed by atoms with Crippen molar-refractivity contribution in [3.05, 3.63) is 59.7 Å². The smallest absolute Gasteiger partial charge is 0.188 e. The second-order valence-corrected chi connectivity index (χ2v) is 7.64. The Kier molecular flexibility index (Phi) is 8.39. The van der Waals surface area contributed by atoms with Gasteiger partial charge < -0.3 is 20.5 Å². The van der Waals surface area contributed by atoms with Gasteiger partial charge in [-0.2, -0.15) is 0 Å². The fourth-order valence-electron chi connectivity index (χ4n) is 3.86. The third kappa shape index (κ3) is 6.39. The maximum absolute atomic E-state index is 6.17. The predicted octanol–water partition coefficient (Wildman–Crippen LogP) is 3.38. The van der Waals surface area contributed by atoms with Gasteiger partial charge in [0.25, 0.3) is 0 Å². The zero-order valence-electron chi connectivity index (χ0n) is 18.1. The van der Waals surface area contributed by atoms with Gasteiger partial charge in [-0.1, -0.05) is 30.7 Å². The molecule has 6 heteroatoms. The molecular weight excluding hydrogens is 376 g/mol. The van der Waals surface area contributed by atoms with Crippen LogP contribution in [-0.2, 0) is 6.42 Å². The molecule has 1 aliphatic rings. The van der Waals surface area contributed by atoms with Gasteiger partial charge in [-0.25, -0.2) is 0 Å². The lowest BCUT2D eigenvalue weighted by Gasteiger charge is -2.34. The Morgan fingerprint density at radius 3 is 2.17 bits per heavy atom. The molecule has 0 saturated carbocycles. The Hall–Kier alpha value is -2.73. The molecule has 0 bridgehead atoms. The number of nitrogens with zero attached hydrogens (tertiary/aromatic N) is 2. The van der Waals surface area contributed by atoms with E-state index in [1.54, 1.807) is 14.2 Å². The largest absolute Gasteiger partial charge is 0.497 e. The van der Waals surface area contributed by atoms with Crippen LogP contribution in [0.1, 0.15) is 36.4 Å². The zero-order valence-corrected chi connectivity index (χ0v) is 18.1. The van der Waals surface area contributed by atoms with Gasteiger partial charge in [-0.3, -0.25) is 9.89 Å². The van der Waals surface area contributed by atoms with Crippen LogP contribution < -0.4 is 20.5 Å². The lowest BCUT2D eigenvalue weighted by Crippen LogP contribution is -2.37. The molecule has 162 valence electrons. The van der Waals surface area contributed by atoms with Crippen molar-refractivity contribution in [3.63, 3.8) is 0 Å². The highest BCUT2D eigenvalue weighted by atomic mass is 16.5. The van der Waals surface area contributed by atoms with E-state index in [4.69, 9.17) is 15.2 Å². The van der Waals surface area contributed by atoms with Gasteiger partial charge in [-0.05, 0) is 67.7 Å². The number of nitrogens with one attached hydrogen (secondary N) is 1. The van der Waals surface area contributed by atoms with Gasteiger partial charge in [0.2, 0.25) is 0 Å². The molecule has 0 amide bonds. The molecule has 1 atom stereocenters. The highest BCUT2D eigenvalue weighted by Crippen LogP contribution is 2.26. The van der Waals surface area contributed by atoms with Crippen LogP contribution >= 0.6 is 0 Å². The van der Waals surface area contributed by atoms with Crippen molar-refractivity contribution < 1.29 is 9.47 Å². The van der Waals surface area contributed by atoms with E-state index in [0.29, 0.717) is 12.5 Å². The molecule has 30 heavy (non-hydrogen) atoms. The molecule has 2 aromatic rings. The van der Waals surface area contributed by atoms with Gasteiger partial charge in [0, 0.05) is 6.54 Å². The number of piperidine rings is 1. The van der Waals surface area contributed by atoms with Crippen molar-refractivity contribution in [2.75, 3.05) is 40.4 Å². The minimum atomic E-state index is 0.234. The number of likely N-dealkylation sites (tertiary alicyclic amines) is 1. The van der Waals surface area contributed by atoms with Crippen molar-refractivity contribution >= 4 is 5.96 Å². The number of hydrogen-bond acceptors (Lipinski definition) is 4. The molecule has 1 aliphatic heterocycles. The molecule has 1 fully saturated rings. The number of ether oxygens (including phenoxy) is 2. The summed E-state index contributed by atoms with van der Waals surface area (Å²) < 4.78 is 10.5. The average molecular weight is 411 g/mol. The highest BCUT2D eigenvalue weighted by molar-refractivity contribution is 5.77. The predicted molar refractivity (Wildman–Crippen MR) is 122 cm³/mol. The minimum Gasteiger partial charge on any atom is -0.497 e. The molecule has 2 aromatic carbocycles. The number of rotatable bonds is 9. The highest BCUT2D eigenvalue weighted by Gasteiger charge is 2.22. The monoisotopic (exact) mass is 410 g/mol. The summed E-state index contributed by atoms with van der Waals surface area (Å²) in [4.78, 5) is 7.19. The third-order valence-electron chi connectivity index (χ3n) is 5.65. The van der Waals surface area contributed by atoms with Gasteiger partial charge >= 0.3 is 0 Å². The fourth-order valence-corrected chi connectivity index (χ4v) is 3.86. The molecule has 3 N–H and O–H groups in total. The van der Waals surface area contributed by atoms with Crippen molar-refractivity contribution in [2.45, 2.75) is 31.7 Å². The standard InChI is InChI=1S/C24H34N4O2/c1-29-21-10-6-19(7-11-21)14-15-26-24(25)27-18-23(28-16-4-3-5-17-28)20-8-12-22(30-2)13-9-20/h6-13,23H,3-5,14-18H2,1-2H3,(H3,25,26,27). The van der Waals surface area contributed by atoms with E-state index in [1.165, 1.54) is 30.4 Å². The molecule has 0 aliphatic carbocycles. The number of methoxy groups -OCH3 is 2. The van der Waals surface area contributed by atoms with Gasteiger partial charge in [-0.15, -0.1) is 0 Å². The molecule has 1 unspecified atom stereocenters. The lowest BCUT2D eigenvalue weighted by atomic mass is 10.0. The number of benzene rings is 2. The third-order valence-corrected chi connectivity index (χ3v) is 5.65. The van der Waals surface area contributed by atoms with Gasteiger partial charge in [0.1, 0.15) is 11.5 Å². The summed E-state index contributed by atoms with van der Waals surface area (Å²) in [7, 11) is 3.37. The summed E-state index contributed by atoms with van der Waals surface area (Å²) in [6, 6.07) is 16.7. The second kappa shape index (κ2) is 11.5. The van der Waals surface area contributed by atoms with Gasteiger partial charge in [0.05, 0.1) is 26.8 Å². The Morgan fingerprint density at radius 2 is 1.57 bits per heavy atom. The van der Waals surface area contributed by atoms with E-state index in [2.05, 4.69) is 39.5 Å². The molecule has 0 spiro atoms. The molecule has 6 nitrogen and oxygen atoms in total. The lowest BCUT2D eigenvalue weighted by molar-refractivity contribution is 0.168. The van der Waals surface area contributed by atoms with Crippen LogP contribution in [0.2, 0.25) is 0 Å². The maximum atomic E-state index is 6.17. The first-order valence-electron chi connectivity index (χ1n) is 10.7. The second-order valence-electron chi connectivity index (χ2n) is 7.64. The van der Waals surface area contributed by atoms with Crippen LogP contribution in [0.15, 0.2) is 53.5 Å². The Bertz CT molecular complexity index is 784. The molecule has 0 aromatic heterocycles. The first-order valence-corrected chi connectivity index (χ1v) is 10.7. The molecule has 3 rings (SSSR count). The molecule has 0 radical (unpaired) electrons. The van der Waals surface area contributed by atoms with E-state index in [9.17, 15) is 0 Å². The Morgan fingerprint density at radius 1 is 0.967 bits per heavy atom. The van der Waals surface area contributed by atoms with Crippen LogP contribution in [0, 0.1) is 0 Å². The first-order chi connectivity index (χ1) is 14.7. The summed E-state index contributed by atoms with van der Waals surface area (Å²) in [6.45, 7) is 3.61. The topological polar surface area (TPSA) is 72.1 Å². The summed E-state index contributed by atoms with van der Waals surface area (Å²) >= 11 is 0. The number of guanidine groups is 1. The van der Waals surface area contributed by atoms with E-state index < -0.39 is 0 Å². The van der Waals surface area contributed by atoms with Crippen molar-refractivity contribution in [1.29, 1.82) is 0 Å². The zero-order chi connectivity index (χ0) is 21.2. The van der Waals surface area contributed by atoms with Crippen LogP contribution in [0.4, 0.5) is 0 Å². The van der Waals surface area contributed by atoms with E-state index >= 15 is 0 Å². The van der Waals surface area contributed by atoms with Crippen molar-refractivity contribution in [1.82, 2.24) is 10.2 Å². The Balaban J connectivity index is 1.57. The number of hydrogen-bond donors (Lipinski definition) is 2. The SMILES string of the molecule is COc1ccc(CCNC(N)=NCC(c2ccc(OC)cc2)N2CCCCC2)cc1. The summed E-state index contributed by atoms with van der Waals surface area (Å²) in [5.74, 6) is 2.24. The van der Waals surface area contributed by atoms with Crippen LogP contribution in [0.5, 0.6) is 11.5 Å². The number of nitrogens with two attached hydrogens (primary N) is 1. The number of aliphatic imine (C=N–C) groups is 1. The average Bonchev–Trinajstić information content (AvgIpc) is 2.81. The minimum absolute atomic E-state index is 0.234. The quantitative estimate of drug-likeness (QED) is 0.490. The fraction of sp³-hybridized carbons (Fsp3) is 0.458. The maximum Gasteiger partial charge on any atom is 0.188 e. The summed E-state index contributed by atoms with van der Waals surface area (Å²) in [6.07, 6.45) is 4.68. The van der Waals surface area contributed by atoms with Crippen molar-refractivity contribution in [2.24, 2.45) is 10.7 Å². The van der Waals surface area contributed by atoms with Gasteiger partial charge in [0.15, 0.2) is 5.96 Å². The summed E-state index contributed by atoms with van der Waals surface area (Å²) in [5.41, 5.74) is 8.66. The molecule has 1 heterocycles. The first kappa shape index (κ1) is 22.0. The van der Waals surface area contributed by atoms with Crippen LogP contribution in [-0.4, -0.2) is 51.3 Å².